The quantitative estimate of drug-likeness (QED) is 0.0695. The lowest BCUT2D eigenvalue weighted by molar-refractivity contribution is 0.0980. The van der Waals surface area contributed by atoms with E-state index in [-0.39, 0.29) is 76.1 Å². The predicted molar refractivity (Wildman–Crippen MR) is 182 cm³/mol. The van der Waals surface area contributed by atoms with Crippen LogP contribution in [0.1, 0.15) is 57.5 Å². The van der Waals surface area contributed by atoms with Gasteiger partial charge in [-0.05, 0) is 43.4 Å². The van der Waals surface area contributed by atoms with Crippen LogP contribution in [0, 0.1) is 0 Å². The molecule has 2 aliphatic carbocycles. The van der Waals surface area contributed by atoms with Gasteiger partial charge in [-0.3, -0.25) is 22.9 Å². The molecule has 1 heterocycles. The molecule has 50 heavy (non-hydrogen) atoms. The number of benzene rings is 2. The van der Waals surface area contributed by atoms with Crippen molar-refractivity contribution in [1.29, 1.82) is 0 Å². The van der Waals surface area contributed by atoms with Crippen LogP contribution < -0.4 is 21.3 Å². The summed E-state index contributed by atoms with van der Waals surface area (Å²) in [6.07, 6.45) is 2.26. The van der Waals surface area contributed by atoms with Crippen LogP contribution in [0.4, 0.5) is 23.3 Å². The van der Waals surface area contributed by atoms with Crippen molar-refractivity contribution in [2.45, 2.75) is 42.7 Å². The molecule has 3 aromatic rings. The van der Waals surface area contributed by atoms with Gasteiger partial charge in [0.25, 0.3) is 10.1 Å². The van der Waals surface area contributed by atoms with E-state index in [0.29, 0.717) is 25.7 Å². The highest BCUT2D eigenvalue weighted by Gasteiger charge is 2.37. The molecule has 1 aromatic heterocycles. The second-order valence-electron chi connectivity index (χ2n) is 11.3. The molecule has 0 bridgehead atoms. The number of carbonyl (C=O) groups excluding carboxylic acids is 2. The third-order valence-corrected chi connectivity index (χ3v) is 10.4. The number of nitrogens with zero attached hydrogens (tertiary/aromatic N) is 4. The zero-order chi connectivity index (χ0) is 36.4. The van der Waals surface area contributed by atoms with Gasteiger partial charge in [0.05, 0.1) is 35.8 Å². The molecule has 0 radical (unpaired) electrons. The normalized spacial score (nSPS) is 18.2. The first-order valence-corrected chi connectivity index (χ1v) is 19.4. The maximum Gasteiger partial charge on any atom is 0.397 e. The van der Waals surface area contributed by atoms with Crippen LogP contribution in [-0.4, -0.2) is 101 Å². The molecule has 18 nitrogen and oxygen atoms in total. The maximum atomic E-state index is 13.6. The van der Waals surface area contributed by atoms with Crippen molar-refractivity contribution in [2.75, 3.05) is 53.8 Å². The smallest absolute Gasteiger partial charge is 0.397 e. The lowest BCUT2D eigenvalue weighted by Crippen LogP contribution is -2.34. The average molecular weight is 774 g/mol. The molecule has 6 N–H and O–H groups in total. The number of nitrogen functional groups attached to an aromatic ring is 1. The third-order valence-electron chi connectivity index (χ3n) is 7.96. The van der Waals surface area contributed by atoms with Crippen LogP contribution in [-0.2, 0) is 40.0 Å². The largest absolute Gasteiger partial charge is 0.397 e. The molecular formula is C28H32ClN7O11S3. The number of nitrogens with one attached hydrogen (secondary N) is 2. The molecule has 2 aliphatic rings. The molecule has 1 unspecified atom stereocenters. The minimum atomic E-state index is -4.85. The Morgan fingerprint density at radius 3 is 2.16 bits per heavy atom. The summed E-state index contributed by atoms with van der Waals surface area (Å²) in [6.45, 7) is -0.680. The van der Waals surface area contributed by atoms with Crippen LogP contribution in [0.15, 0.2) is 35.2 Å². The molecule has 270 valence electrons. The van der Waals surface area contributed by atoms with E-state index in [4.69, 9.17) is 26.1 Å². The molecule has 1 atom stereocenters. The van der Waals surface area contributed by atoms with Gasteiger partial charge in [0.2, 0.25) is 17.2 Å². The number of anilines is 4. The standard InChI is InChI=1S/C28H32ClN7O11S3/c1-36(10-13-48(39)46-11-12-47-50(43,44)45)28-34-26(29)33-27(35-28)32-16-8-6-15(7-9-16)31-19-14-20(49(40,41)42)23(30)22-21(19)24(37)17-4-2-3-5-18(17)25(22)38/h2-5,14-16,31H,6-13,30H2,1H3,(H,40,41,42)(H,43,44,45)(H,32,33,34,35). The number of rotatable bonds is 14. The van der Waals surface area contributed by atoms with E-state index in [0.717, 1.165) is 6.07 Å². The van der Waals surface area contributed by atoms with Gasteiger partial charge in [0.15, 0.2) is 22.6 Å². The van der Waals surface area contributed by atoms with E-state index < -0.39 is 60.4 Å². The Morgan fingerprint density at radius 2 is 1.56 bits per heavy atom. The van der Waals surface area contributed by atoms with Crippen molar-refractivity contribution in [2.24, 2.45) is 0 Å². The number of nitrogens with two attached hydrogens (primary N) is 1. The summed E-state index contributed by atoms with van der Waals surface area (Å²) in [5, 5.41) is 6.34. The van der Waals surface area contributed by atoms with Crippen molar-refractivity contribution < 1.29 is 48.1 Å². The van der Waals surface area contributed by atoms with E-state index >= 15 is 0 Å². The Balaban J connectivity index is 1.22. The number of halogens is 1. The zero-order valence-corrected chi connectivity index (χ0v) is 29.4. The van der Waals surface area contributed by atoms with Crippen LogP contribution in [0.3, 0.4) is 0 Å². The summed E-state index contributed by atoms with van der Waals surface area (Å²) in [4.78, 5) is 40.5. The summed E-state index contributed by atoms with van der Waals surface area (Å²) in [7, 11) is -7.84. The highest BCUT2D eigenvalue weighted by atomic mass is 35.5. The fraction of sp³-hybridized carbons (Fsp3) is 0.393. The third kappa shape index (κ3) is 8.90. The highest BCUT2D eigenvalue weighted by molar-refractivity contribution is 7.86. The molecule has 2 aromatic carbocycles. The predicted octanol–water partition coefficient (Wildman–Crippen LogP) is 1.90. The van der Waals surface area contributed by atoms with Crippen LogP contribution in [0.25, 0.3) is 0 Å². The van der Waals surface area contributed by atoms with E-state index in [2.05, 4.69) is 29.8 Å². The molecule has 0 saturated heterocycles. The van der Waals surface area contributed by atoms with Crippen molar-refractivity contribution in [3.63, 3.8) is 0 Å². The monoisotopic (exact) mass is 773 g/mol. The molecule has 22 heteroatoms. The van der Waals surface area contributed by atoms with Gasteiger partial charge in [0.1, 0.15) is 4.90 Å². The lowest BCUT2D eigenvalue weighted by Gasteiger charge is -2.32. The maximum absolute atomic E-state index is 13.6. The summed E-state index contributed by atoms with van der Waals surface area (Å²) in [6, 6.07) is 6.88. The summed E-state index contributed by atoms with van der Waals surface area (Å²) in [5.41, 5.74) is 5.55. The fourth-order valence-corrected chi connectivity index (χ4v) is 7.49. The molecule has 0 spiro atoms. The topological polar surface area (TPSA) is 270 Å². The number of ketones is 2. The zero-order valence-electron chi connectivity index (χ0n) is 26.2. The van der Waals surface area contributed by atoms with E-state index in [1.165, 1.54) is 12.1 Å². The molecular weight excluding hydrogens is 742 g/mol. The van der Waals surface area contributed by atoms with Crippen molar-refractivity contribution >= 4 is 78.0 Å². The summed E-state index contributed by atoms with van der Waals surface area (Å²) >= 11 is 4.34. The van der Waals surface area contributed by atoms with Gasteiger partial charge in [-0.15, -0.1) is 0 Å². The van der Waals surface area contributed by atoms with Gasteiger partial charge in [-0.2, -0.15) is 31.8 Å². The SMILES string of the molecule is CN(CCS(=O)OCCOS(=O)(=O)O)c1nc(Cl)nc(NC2CCC(Nc3cc(S(=O)(=O)O)c(N)c4c3C(=O)c3ccccc3C4=O)CC2)n1. The molecule has 5 rings (SSSR count). The number of hydrogen-bond acceptors (Lipinski definition) is 16. The lowest BCUT2D eigenvalue weighted by atomic mass is 9.82. The molecule has 0 aliphatic heterocycles. The molecule has 1 saturated carbocycles. The molecule has 1 fully saturated rings. The summed E-state index contributed by atoms with van der Waals surface area (Å²) in [5.74, 6) is -0.756. The van der Waals surface area contributed by atoms with E-state index in [9.17, 15) is 35.2 Å². The Labute approximate surface area is 294 Å². The number of fused-ring (bicyclic) bond motifs is 2. The van der Waals surface area contributed by atoms with Gasteiger partial charge in [-0.25, -0.2) is 8.39 Å². The first-order chi connectivity index (χ1) is 23.5. The Bertz CT molecular complexity index is 2060. The van der Waals surface area contributed by atoms with Crippen LogP contribution >= 0.6 is 11.6 Å². The first-order valence-electron chi connectivity index (χ1n) is 14.9. The Morgan fingerprint density at radius 1 is 0.960 bits per heavy atom. The first kappa shape index (κ1) is 37.4. The second-order valence-corrected chi connectivity index (χ2v) is 15.4. The fourth-order valence-electron chi connectivity index (χ4n) is 5.62. The highest BCUT2D eigenvalue weighted by Crippen LogP contribution is 2.40. The summed E-state index contributed by atoms with van der Waals surface area (Å²) < 4.78 is 85.2. The van der Waals surface area contributed by atoms with Gasteiger partial charge in [0, 0.05) is 42.5 Å². The number of hydrogen-bond donors (Lipinski definition) is 5. The average Bonchev–Trinajstić information content (AvgIpc) is 3.04. The van der Waals surface area contributed by atoms with Gasteiger partial charge >= 0.3 is 10.4 Å². The van der Waals surface area contributed by atoms with Gasteiger partial charge < -0.3 is 21.3 Å². The Kier molecular flexibility index (Phi) is 11.4. The van der Waals surface area contributed by atoms with Crippen LogP contribution in [0.2, 0.25) is 5.28 Å². The minimum absolute atomic E-state index is 0.000658. The Hall–Kier alpha value is -3.83. The van der Waals surface area contributed by atoms with E-state index in [1.54, 1.807) is 24.1 Å². The number of carbonyl (C=O) groups is 2. The van der Waals surface area contributed by atoms with Crippen molar-refractivity contribution in [1.82, 2.24) is 15.0 Å². The van der Waals surface area contributed by atoms with Crippen molar-refractivity contribution in [3.8, 4) is 0 Å². The van der Waals surface area contributed by atoms with Gasteiger partial charge in [-0.1, -0.05) is 24.3 Å². The van der Waals surface area contributed by atoms with Crippen LogP contribution in [0.5, 0.6) is 0 Å². The van der Waals surface area contributed by atoms with Crippen molar-refractivity contribution in [3.05, 3.63) is 57.9 Å². The van der Waals surface area contributed by atoms with E-state index in [1.807, 2.05) is 0 Å². The second kappa shape index (κ2) is 15.2. The number of aromatic nitrogens is 3. The molecule has 0 amide bonds. The minimum Gasteiger partial charge on any atom is -0.397 e.